The molecule has 0 bridgehead atoms. The minimum absolute atomic E-state index is 0.187. The molecule has 0 saturated heterocycles. The Hall–Kier alpha value is -0.0800. The zero-order valence-electron chi connectivity index (χ0n) is 5.19. The number of hydrogen-bond acceptors (Lipinski definition) is 2. The average Bonchev–Trinajstić information content (AvgIpc) is 1.64. The Morgan fingerprint density at radius 3 is 2.00 bits per heavy atom. The van der Waals surface area contributed by atoms with Crippen LogP contribution in [-0.4, -0.2) is 23.4 Å². The molecule has 0 rings (SSSR count). The molecule has 0 aromatic rings. The van der Waals surface area contributed by atoms with Crippen LogP contribution in [0.5, 0.6) is 0 Å². The highest BCUT2D eigenvalue weighted by Crippen LogP contribution is 2.04. The molecule has 0 aromatic heterocycles. The Morgan fingerprint density at radius 1 is 1.56 bits per heavy atom. The first-order chi connectivity index (χ1) is 4.09. The van der Waals surface area contributed by atoms with E-state index in [0.29, 0.717) is 0 Å². The largest absolute Gasteiger partial charge is 0.293 e. The van der Waals surface area contributed by atoms with Gasteiger partial charge in [0.25, 0.3) is 0 Å². The lowest BCUT2D eigenvalue weighted by molar-refractivity contribution is -0.111. The summed E-state index contributed by atoms with van der Waals surface area (Å²) < 4.78 is 0. The first kappa shape index (κ1) is 8.92. The number of carbonyl (C=O) groups excluding carboxylic acids is 1. The highest BCUT2D eigenvalue weighted by atomic mass is 35.5. The molecule has 0 aliphatic carbocycles. The van der Waals surface area contributed by atoms with Gasteiger partial charge < -0.3 is 0 Å². The second-order valence-corrected chi connectivity index (χ2v) is 2.56. The monoisotopic (exact) mass is 167 g/mol. The van der Waals surface area contributed by atoms with Gasteiger partial charge in [-0.15, -0.1) is 0 Å². The number of rotatable bonds is 2. The van der Waals surface area contributed by atoms with Crippen LogP contribution in [0.2, 0.25) is 0 Å². The van der Waals surface area contributed by atoms with E-state index < -0.39 is 4.84 Å². The van der Waals surface area contributed by atoms with Crippen LogP contribution in [0.25, 0.3) is 0 Å². The Morgan fingerprint density at radius 2 is 2.00 bits per heavy atom. The molecule has 0 heterocycles. The predicted octanol–water partition coefficient (Wildman–Crippen LogP) is 1.45. The average molecular weight is 168 g/mol. The molecule has 0 aromatic carbocycles. The Bertz CT molecular complexity index is 142. The molecular weight excluding hydrogens is 161 g/mol. The van der Waals surface area contributed by atoms with Crippen molar-refractivity contribution in [2.24, 2.45) is 4.99 Å². The predicted molar refractivity (Wildman–Crippen MR) is 39.5 cm³/mol. The van der Waals surface area contributed by atoms with Gasteiger partial charge in [-0.1, -0.05) is 23.2 Å². The molecule has 0 aliphatic rings. The normalized spacial score (nSPS) is 12.3. The fraction of sp³-hybridized carbons (Fsp3) is 0.600. The maximum absolute atomic E-state index is 10.5. The fourth-order valence-electron chi connectivity index (χ4n) is 0.409. The van der Waals surface area contributed by atoms with Crippen LogP contribution in [0.3, 0.4) is 0 Å². The quantitative estimate of drug-likeness (QED) is 0.453. The van der Waals surface area contributed by atoms with Gasteiger partial charge in [0.2, 0.25) is 0 Å². The van der Waals surface area contributed by atoms with Gasteiger partial charge in [0.15, 0.2) is 10.6 Å². The molecule has 0 saturated carbocycles. The van der Waals surface area contributed by atoms with Crippen LogP contribution < -0.4 is 0 Å². The van der Waals surface area contributed by atoms with E-state index in [4.69, 9.17) is 23.2 Å². The number of carbonyl (C=O) groups is 1. The smallest absolute Gasteiger partial charge is 0.176 e. The first-order valence-corrected chi connectivity index (χ1v) is 3.22. The van der Waals surface area contributed by atoms with Gasteiger partial charge in [0.05, 0.1) is 0 Å². The van der Waals surface area contributed by atoms with Crippen LogP contribution in [-0.2, 0) is 4.79 Å². The number of ketones is 1. The maximum Gasteiger partial charge on any atom is 0.176 e. The van der Waals surface area contributed by atoms with E-state index in [9.17, 15) is 4.79 Å². The van der Waals surface area contributed by atoms with Crippen LogP contribution in [0.1, 0.15) is 6.92 Å². The molecule has 0 N–H and O–H groups in total. The summed E-state index contributed by atoms with van der Waals surface area (Å²) in [6.45, 7) is 1.38. The Balaban J connectivity index is 4.19. The van der Waals surface area contributed by atoms with Gasteiger partial charge in [0, 0.05) is 14.0 Å². The summed E-state index contributed by atoms with van der Waals surface area (Å²) >= 11 is 10.7. The third-order valence-electron chi connectivity index (χ3n) is 0.808. The maximum atomic E-state index is 10.5. The van der Waals surface area contributed by atoms with Crippen molar-refractivity contribution < 1.29 is 4.79 Å². The van der Waals surface area contributed by atoms with Crippen LogP contribution in [0.4, 0.5) is 0 Å². The Kier molecular flexibility index (Phi) is 3.82. The highest BCUT2D eigenvalue weighted by molar-refractivity contribution is 6.64. The molecule has 0 atom stereocenters. The number of nitrogens with zero attached hydrogens (tertiary/aromatic N) is 1. The van der Waals surface area contributed by atoms with Crippen molar-refractivity contribution >= 4 is 34.7 Å². The molecule has 9 heavy (non-hydrogen) atoms. The van der Waals surface area contributed by atoms with Crippen LogP contribution >= 0.6 is 23.2 Å². The van der Waals surface area contributed by atoms with E-state index >= 15 is 0 Å². The van der Waals surface area contributed by atoms with E-state index in [0.717, 1.165) is 0 Å². The summed E-state index contributed by atoms with van der Waals surface area (Å²) in [6.07, 6.45) is 0. The standard InChI is InChI=1S/C5H7Cl2NO/c1-3(9)4(8-2)5(6)7/h5H,1-2H3. The number of aliphatic imine (C=N–C) groups is 1. The van der Waals surface area contributed by atoms with Crippen molar-refractivity contribution in [2.75, 3.05) is 7.05 Å². The molecule has 52 valence electrons. The summed E-state index contributed by atoms with van der Waals surface area (Å²) in [4.78, 5) is 13.3. The zero-order chi connectivity index (χ0) is 7.44. The number of halogens is 2. The van der Waals surface area contributed by atoms with Crippen molar-refractivity contribution in [3.05, 3.63) is 0 Å². The van der Waals surface area contributed by atoms with Gasteiger partial charge in [0.1, 0.15) is 5.71 Å². The lowest BCUT2D eigenvalue weighted by atomic mass is 10.3. The third-order valence-corrected chi connectivity index (χ3v) is 1.22. The molecule has 4 heteroatoms. The van der Waals surface area contributed by atoms with Crippen LogP contribution in [0, 0.1) is 0 Å². The second-order valence-electron chi connectivity index (χ2n) is 1.47. The number of hydrogen-bond donors (Lipinski definition) is 0. The summed E-state index contributed by atoms with van der Waals surface area (Å²) in [5, 5.41) is 0. The van der Waals surface area contributed by atoms with Gasteiger partial charge in [-0.25, -0.2) is 0 Å². The van der Waals surface area contributed by atoms with E-state index in [1.54, 1.807) is 0 Å². The van der Waals surface area contributed by atoms with E-state index in [1.807, 2.05) is 0 Å². The summed E-state index contributed by atoms with van der Waals surface area (Å²) in [5.74, 6) is -0.187. The minimum atomic E-state index is -0.799. The number of Topliss-reactive ketones (excluding diaryl/α,β-unsaturated/α-hetero) is 1. The molecule has 0 aliphatic heterocycles. The summed E-state index contributed by atoms with van der Waals surface area (Å²) in [7, 11) is 1.48. The molecule has 2 nitrogen and oxygen atoms in total. The summed E-state index contributed by atoms with van der Waals surface area (Å²) in [5.41, 5.74) is 0.207. The van der Waals surface area contributed by atoms with Gasteiger partial charge in [-0.2, -0.15) is 0 Å². The van der Waals surface area contributed by atoms with E-state index in [2.05, 4.69) is 4.99 Å². The van der Waals surface area contributed by atoms with Gasteiger partial charge >= 0.3 is 0 Å². The van der Waals surface area contributed by atoms with Crippen molar-refractivity contribution in [1.82, 2.24) is 0 Å². The summed E-state index contributed by atoms with van der Waals surface area (Å²) in [6, 6.07) is 0. The molecule has 0 amide bonds. The van der Waals surface area contributed by atoms with Gasteiger partial charge in [-0.05, 0) is 0 Å². The molecule has 0 fully saturated rings. The van der Waals surface area contributed by atoms with E-state index in [1.165, 1.54) is 14.0 Å². The Labute approximate surface area is 63.9 Å². The lowest BCUT2D eigenvalue weighted by Gasteiger charge is -1.98. The SMILES string of the molecule is CN=C(C(C)=O)C(Cl)Cl. The molecular formula is C5H7Cl2NO. The topological polar surface area (TPSA) is 29.4 Å². The number of alkyl halides is 2. The van der Waals surface area contributed by atoms with Crippen molar-refractivity contribution in [3.63, 3.8) is 0 Å². The first-order valence-electron chi connectivity index (χ1n) is 2.35. The molecule has 0 unspecified atom stereocenters. The minimum Gasteiger partial charge on any atom is -0.293 e. The zero-order valence-corrected chi connectivity index (χ0v) is 6.70. The van der Waals surface area contributed by atoms with Crippen LogP contribution in [0.15, 0.2) is 4.99 Å². The fourth-order valence-corrected chi connectivity index (χ4v) is 0.911. The lowest BCUT2D eigenvalue weighted by Crippen LogP contribution is -2.17. The second kappa shape index (κ2) is 3.85. The molecule has 0 spiro atoms. The molecule has 0 radical (unpaired) electrons. The van der Waals surface area contributed by atoms with Crippen molar-refractivity contribution in [2.45, 2.75) is 11.8 Å². The third kappa shape index (κ3) is 2.82. The van der Waals surface area contributed by atoms with Gasteiger partial charge in [-0.3, -0.25) is 9.79 Å². The highest BCUT2D eigenvalue weighted by Gasteiger charge is 2.12. The van der Waals surface area contributed by atoms with Crippen molar-refractivity contribution in [1.29, 1.82) is 0 Å². The van der Waals surface area contributed by atoms with Crippen molar-refractivity contribution in [3.8, 4) is 0 Å². The van der Waals surface area contributed by atoms with E-state index in [-0.39, 0.29) is 11.5 Å².